The van der Waals surface area contributed by atoms with E-state index in [1.54, 1.807) is 0 Å². The summed E-state index contributed by atoms with van der Waals surface area (Å²) < 4.78 is 10.5. The molecule has 3 heterocycles. The quantitative estimate of drug-likeness (QED) is 0.799. The summed E-state index contributed by atoms with van der Waals surface area (Å²) in [6.45, 7) is 4.65. The first-order valence-electron chi connectivity index (χ1n) is 8.30. The number of rotatable bonds is 3. The van der Waals surface area contributed by atoms with E-state index in [1.165, 1.54) is 25.5 Å². The van der Waals surface area contributed by atoms with Gasteiger partial charge in [-0.3, -0.25) is 0 Å². The SMILES string of the molecule is COC(=O)C1=C(N2CC3(CCOCC3)C2)NCC(C2CC2)=C1. The molecule has 0 aromatic carbocycles. The van der Waals surface area contributed by atoms with Crippen LogP contribution >= 0.6 is 0 Å². The lowest BCUT2D eigenvalue weighted by molar-refractivity contribution is -0.136. The fourth-order valence-corrected chi connectivity index (χ4v) is 3.89. The Kier molecular flexibility index (Phi) is 3.40. The van der Waals surface area contributed by atoms with Crippen molar-refractivity contribution in [3.8, 4) is 0 Å². The maximum Gasteiger partial charge on any atom is 0.341 e. The average molecular weight is 304 g/mol. The molecular weight excluding hydrogens is 280 g/mol. The summed E-state index contributed by atoms with van der Waals surface area (Å²) in [5, 5.41) is 3.48. The molecule has 0 radical (unpaired) electrons. The molecule has 0 amide bonds. The Morgan fingerprint density at radius 1 is 1.36 bits per heavy atom. The van der Waals surface area contributed by atoms with E-state index in [-0.39, 0.29) is 5.97 Å². The summed E-state index contributed by atoms with van der Waals surface area (Å²) in [4.78, 5) is 14.5. The third-order valence-electron chi connectivity index (χ3n) is 5.47. The van der Waals surface area contributed by atoms with Crippen LogP contribution in [0.5, 0.6) is 0 Å². The molecule has 0 atom stereocenters. The van der Waals surface area contributed by atoms with Crippen LogP contribution in [-0.2, 0) is 14.3 Å². The number of dihydropyridines is 1. The molecular formula is C17H24N2O3. The molecule has 1 spiro atoms. The van der Waals surface area contributed by atoms with Gasteiger partial charge in [-0.05, 0) is 43.3 Å². The minimum absolute atomic E-state index is 0.228. The second kappa shape index (κ2) is 5.30. The van der Waals surface area contributed by atoms with E-state index in [0.29, 0.717) is 16.9 Å². The van der Waals surface area contributed by atoms with Crippen molar-refractivity contribution in [2.75, 3.05) is 40.0 Å². The first-order chi connectivity index (χ1) is 10.7. The molecule has 0 unspecified atom stereocenters. The van der Waals surface area contributed by atoms with Crippen molar-refractivity contribution in [1.29, 1.82) is 0 Å². The van der Waals surface area contributed by atoms with Crippen molar-refractivity contribution in [2.45, 2.75) is 25.7 Å². The number of ether oxygens (including phenoxy) is 2. The number of carbonyl (C=O) groups is 1. The molecule has 0 aromatic heterocycles. The van der Waals surface area contributed by atoms with E-state index in [1.807, 2.05) is 0 Å². The van der Waals surface area contributed by atoms with E-state index in [9.17, 15) is 4.79 Å². The maximum atomic E-state index is 12.2. The van der Waals surface area contributed by atoms with Crippen LogP contribution in [0.4, 0.5) is 0 Å². The van der Waals surface area contributed by atoms with Crippen LogP contribution in [0.1, 0.15) is 25.7 Å². The standard InChI is InChI=1S/C17H24N2O3/c1-21-16(20)14-8-13(12-2-3-12)9-18-15(14)19-10-17(11-19)4-6-22-7-5-17/h8,12,18H,2-7,9-11H2,1H3. The number of methoxy groups -OCH3 is 1. The van der Waals surface area contributed by atoms with Crippen molar-refractivity contribution in [3.63, 3.8) is 0 Å². The second-order valence-electron chi connectivity index (χ2n) is 7.07. The minimum Gasteiger partial charge on any atom is -0.465 e. The number of likely N-dealkylation sites (tertiary alicyclic amines) is 1. The topological polar surface area (TPSA) is 50.8 Å². The summed E-state index contributed by atoms with van der Waals surface area (Å²) in [5.41, 5.74) is 2.46. The largest absolute Gasteiger partial charge is 0.465 e. The number of nitrogens with zero attached hydrogens (tertiary/aromatic N) is 1. The van der Waals surface area contributed by atoms with E-state index in [4.69, 9.17) is 9.47 Å². The molecule has 2 saturated heterocycles. The lowest BCUT2D eigenvalue weighted by Crippen LogP contribution is -2.60. The van der Waals surface area contributed by atoms with Crippen LogP contribution in [0, 0.1) is 11.3 Å². The van der Waals surface area contributed by atoms with Crippen LogP contribution in [0.25, 0.3) is 0 Å². The molecule has 1 saturated carbocycles. The van der Waals surface area contributed by atoms with Crippen molar-refractivity contribution >= 4 is 5.97 Å². The van der Waals surface area contributed by atoms with E-state index < -0.39 is 0 Å². The Balaban J connectivity index is 1.54. The predicted molar refractivity (Wildman–Crippen MR) is 81.9 cm³/mol. The van der Waals surface area contributed by atoms with Gasteiger partial charge in [-0.25, -0.2) is 4.79 Å². The zero-order chi connectivity index (χ0) is 15.2. The summed E-state index contributed by atoms with van der Waals surface area (Å²) in [6, 6.07) is 0. The number of carbonyl (C=O) groups excluding carboxylic acids is 1. The van der Waals surface area contributed by atoms with E-state index in [2.05, 4.69) is 16.3 Å². The normalized spacial score (nSPS) is 27.1. The molecule has 4 aliphatic rings. The summed E-state index contributed by atoms with van der Waals surface area (Å²) >= 11 is 0. The first-order valence-corrected chi connectivity index (χ1v) is 8.30. The zero-order valence-corrected chi connectivity index (χ0v) is 13.2. The molecule has 22 heavy (non-hydrogen) atoms. The predicted octanol–water partition coefficient (Wildman–Crippen LogP) is 1.42. The van der Waals surface area contributed by atoms with Gasteiger partial charge in [0.1, 0.15) is 5.82 Å². The first kappa shape index (κ1) is 14.1. The van der Waals surface area contributed by atoms with Crippen LogP contribution in [0.15, 0.2) is 23.0 Å². The monoisotopic (exact) mass is 304 g/mol. The molecule has 3 aliphatic heterocycles. The van der Waals surface area contributed by atoms with Gasteiger partial charge in [0.15, 0.2) is 0 Å². The Morgan fingerprint density at radius 3 is 2.73 bits per heavy atom. The Morgan fingerprint density at radius 2 is 2.09 bits per heavy atom. The molecule has 4 rings (SSSR count). The molecule has 3 fully saturated rings. The van der Waals surface area contributed by atoms with Crippen LogP contribution < -0.4 is 5.32 Å². The smallest absolute Gasteiger partial charge is 0.341 e. The van der Waals surface area contributed by atoms with Crippen LogP contribution in [0.3, 0.4) is 0 Å². The number of esters is 1. The summed E-state index contributed by atoms with van der Waals surface area (Å²) in [7, 11) is 1.46. The molecule has 5 nitrogen and oxygen atoms in total. The van der Waals surface area contributed by atoms with Gasteiger partial charge in [0.25, 0.3) is 0 Å². The van der Waals surface area contributed by atoms with Crippen molar-refractivity contribution in [1.82, 2.24) is 10.2 Å². The van der Waals surface area contributed by atoms with Crippen LogP contribution in [0.2, 0.25) is 0 Å². The Bertz CT molecular complexity index is 534. The Hall–Kier alpha value is -1.49. The van der Waals surface area contributed by atoms with Crippen LogP contribution in [-0.4, -0.2) is 50.8 Å². The van der Waals surface area contributed by atoms with Crippen molar-refractivity contribution in [3.05, 3.63) is 23.0 Å². The molecule has 0 bridgehead atoms. The summed E-state index contributed by atoms with van der Waals surface area (Å²) in [6.07, 6.45) is 6.85. The maximum absolute atomic E-state index is 12.2. The highest BCUT2D eigenvalue weighted by atomic mass is 16.5. The highest BCUT2D eigenvalue weighted by molar-refractivity contribution is 5.92. The van der Waals surface area contributed by atoms with Gasteiger partial charge in [-0.1, -0.05) is 0 Å². The highest BCUT2D eigenvalue weighted by Crippen LogP contribution is 2.43. The van der Waals surface area contributed by atoms with Crippen molar-refractivity contribution < 1.29 is 14.3 Å². The lowest BCUT2D eigenvalue weighted by Gasteiger charge is -2.54. The molecule has 120 valence electrons. The number of hydrogen-bond donors (Lipinski definition) is 1. The van der Waals surface area contributed by atoms with Gasteiger partial charge in [-0.15, -0.1) is 0 Å². The highest BCUT2D eigenvalue weighted by Gasteiger charge is 2.46. The molecule has 1 aliphatic carbocycles. The van der Waals surface area contributed by atoms with E-state index >= 15 is 0 Å². The second-order valence-corrected chi connectivity index (χ2v) is 7.07. The molecule has 1 N–H and O–H groups in total. The Labute approximate surface area is 131 Å². The third-order valence-corrected chi connectivity index (χ3v) is 5.47. The third kappa shape index (κ3) is 2.41. The molecule has 5 heteroatoms. The number of nitrogens with one attached hydrogen (secondary N) is 1. The van der Waals surface area contributed by atoms with E-state index in [0.717, 1.165) is 51.5 Å². The summed E-state index contributed by atoms with van der Waals surface area (Å²) in [5.74, 6) is 1.41. The van der Waals surface area contributed by atoms with Gasteiger partial charge in [0, 0.05) is 38.3 Å². The van der Waals surface area contributed by atoms with Gasteiger partial charge >= 0.3 is 5.97 Å². The van der Waals surface area contributed by atoms with Gasteiger partial charge < -0.3 is 19.7 Å². The van der Waals surface area contributed by atoms with Gasteiger partial charge in [0.05, 0.1) is 12.7 Å². The van der Waals surface area contributed by atoms with Gasteiger partial charge in [0.2, 0.25) is 0 Å². The fraction of sp³-hybridized carbons (Fsp3) is 0.706. The van der Waals surface area contributed by atoms with Crippen molar-refractivity contribution in [2.24, 2.45) is 11.3 Å². The molecule has 0 aromatic rings. The number of hydrogen-bond acceptors (Lipinski definition) is 5. The average Bonchev–Trinajstić information content (AvgIpc) is 3.37. The fourth-order valence-electron chi connectivity index (χ4n) is 3.89. The zero-order valence-electron chi connectivity index (χ0n) is 13.2. The lowest BCUT2D eigenvalue weighted by atomic mass is 9.73. The van der Waals surface area contributed by atoms with Gasteiger partial charge in [-0.2, -0.15) is 0 Å². The minimum atomic E-state index is -0.228.